The molecular formula is C18H20FNO. The van der Waals surface area contributed by atoms with Crippen LogP contribution in [0.25, 0.3) is 0 Å². The Hall–Kier alpha value is -2.13. The van der Waals surface area contributed by atoms with Gasteiger partial charge in [0.15, 0.2) is 0 Å². The lowest BCUT2D eigenvalue weighted by molar-refractivity contribution is 0.357. The van der Waals surface area contributed by atoms with Gasteiger partial charge in [-0.05, 0) is 30.7 Å². The third kappa shape index (κ3) is 4.43. The molecule has 0 unspecified atom stereocenters. The van der Waals surface area contributed by atoms with Gasteiger partial charge in [-0.15, -0.1) is 0 Å². The first-order valence-electron chi connectivity index (χ1n) is 7.01. The molecule has 110 valence electrons. The Bertz CT molecular complexity index is 597. The summed E-state index contributed by atoms with van der Waals surface area (Å²) in [7, 11) is 0. The first-order valence-corrected chi connectivity index (χ1v) is 7.01. The fourth-order valence-electron chi connectivity index (χ4n) is 2.10. The van der Waals surface area contributed by atoms with Gasteiger partial charge in [-0.2, -0.15) is 0 Å². The summed E-state index contributed by atoms with van der Waals surface area (Å²) in [4.78, 5) is 0. The second-order valence-electron chi connectivity index (χ2n) is 4.86. The number of ether oxygens (including phenoxy) is 1. The van der Waals surface area contributed by atoms with Crippen LogP contribution in [0.2, 0.25) is 0 Å². The van der Waals surface area contributed by atoms with E-state index in [0.29, 0.717) is 13.2 Å². The molecule has 2 aromatic carbocycles. The fraction of sp³-hybridized carbons (Fsp3) is 0.222. The van der Waals surface area contributed by atoms with E-state index in [9.17, 15) is 4.39 Å². The Morgan fingerprint density at radius 3 is 2.81 bits per heavy atom. The molecule has 0 saturated heterocycles. The summed E-state index contributed by atoms with van der Waals surface area (Å²) in [5.41, 5.74) is 2.00. The maximum atomic E-state index is 13.2. The summed E-state index contributed by atoms with van der Waals surface area (Å²) >= 11 is 0. The highest BCUT2D eigenvalue weighted by molar-refractivity contribution is 5.33. The Kier molecular flexibility index (Phi) is 5.52. The van der Waals surface area contributed by atoms with Crippen LogP contribution in [0.3, 0.4) is 0 Å². The first kappa shape index (κ1) is 15.3. The number of benzene rings is 2. The maximum Gasteiger partial charge on any atom is 0.124 e. The van der Waals surface area contributed by atoms with Crippen LogP contribution in [-0.4, -0.2) is 6.61 Å². The molecule has 0 bridgehead atoms. The van der Waals surface area contributed by atoms with Crippen LogP contribution in [-0.2, 0) is 6.54 Å². The SMILES string of the molecule is C=CCOc1ccccc1CN[C@@H](C)c1cccc(F)c1. The van der Waals surface area contributed by atoms with E-state index in [1.807, 2.05) is 37.3 Å². The van der Waals surface area contributed by atoms with Crippen molar-refractivity contribution in [1.82, 2.24) is 5.32 Å². The normalized spacial score (nSPS) is 11.9. The molecule has 21 heavy (non-hydrogen) atoms. The van der Waals surface area contributed by atoms with Gasteiger partial charge in [0, 0.05) is 18.2 Å². The van der Waals surface area contributed by atoms with Crippen LogP contribution >= 0.6 is 0 Å². The second-order valence-corrected chi connectivity index (χ2v) is 4.86. The van der Waals surface area contributed by atoms with E-state index in [1.54, 1.807) is 18.2 Å². The molecule has 1 atom stereocenters. The van der Waals surface area contributed by atoms with Crippen molar-refractivity contribution in [3.05, 3.63) is 78.1 Å². The van der Waals surface area contributed by atoms with Crippen molar-refractivity contribution in [2.45, 2.75) is 19.5 Å². The topological polar surface area (TPSA) is 21.3 Å². The van der Waals surface area contributed by atoms with E-state index in [2.05, 4.69) is 11.9 Å². The molecule has 3 heteroatoms. The Balaban J connectivity index is 2.01. The van der Waals surface area contributed by atoms with Gasteiger partial charge in [0.25, 0.3) is 0 Å². The Morgan fingerprint density at radius 1 is 1.24 bits per heavy atom. The van der Waals surface area contributed by atoms with Crippen LogP contribution in [0.1, 0.15) is 24.1 Å². The molecule has 0 amide bonds. The van der Waals surface area contributed by atoms with Gasteiger partial charge in [-0.25, -0.2) is 4.39 Å². The fourth-order valence-corrected chi connectivity index (χ4v) is 2.10. The average molecular weight is 285 g/mol. The zero-order chi connectivity index (χ0) is 15.1. The van der Waals surface area contributed by atoms with Crippen molar-refractivity contribution in [3.63, 3.8) is 0 Å². The molecule has 0 aromatic heterocycles. The van der Waals surface area contributed by atoms with E-state index in [4.69, 9.17) is 4.74 Å². The average Bonchev–Trinajstić information content (AvgIpc) is 2.51. The molecule has 0 heterocycles. The molecule has 2 aromatic rings. The van der Waals surface area contributed by atoms with Crippen LogP contribution in [0, 0.1) is 5.82 Å². The van der Waals surface area contributed by atoms with Crippen molar-refractivity contribution in [1.29, 1.82) is 0 Å². The smallest absolute Gasteiger partial charge is 0.124 e. The summed E-state index contributed by atoms with van der Waals surface area (Å²) in [6.45, 7) is 6.81. The van der Waals surface area contributed by atoms with Crippen LogP contribution in [0.4, 0.5) is 4.39 Å². The molecule has 1 N–H and O–H groups in total. The van der Waals surface area contributed by atoms with Gasteiger partial charge in [0.1, 0.15) is 18.2 Å². The van der Waals surface area contributed by atoms with E-state index in [-0.39, 0.29) is 11.9 Å². The molecule has 0 saturated carbocycles. The number of halogens is 1. The first-order chi connectivity index (χ1) is 10.2. The van der Waals surface area contributed by atoms with E-state index in [1.165, 1.54) is 6.07 Å². The number of para-hydroxylation sites is 1. The molecule has 0 aliphatic carbocycles. The largest absolute Gasteiger partial charge is 0.489 e. The number of hydrogen-bond acceptors (Lipinski definition) is 2. The van der Waals surface area contributed by atoms with Gasteiger partial charge in [0.05, 0.1) is 0 Å². The van der Waals surface area contributed by atoms with Gasteiger partial charge in [-0.1, -0.05) is 43.0 Å². The summed E-state index contributed by atoms with van der Waals surface area (Å²) < 4.78 is 18.9. The predicted molar refractivity (Wildman–Crippen MR) is 83.8 cm³/mol. The van der Waals surface area contributed by atoms with E-state index in [0.717, 1.165) is 16.9 Å². The zero-order valence-corrected chi connectivity index (χ0v) is 12.2. The summed E-state index contributed by atoms with van der Waals surface area (Å²) in [5.74, 6) is 0.632. The third-order valence-corrected chi connectivity index (χ3v) is 3.28. The second kappa shape index (κ2) is 7.60. The molecule has 0 aliphatic heterocycles. The van der Waals surface area contributed by atoms with Crippen LogP contribution in [0.15, 0.2) is 61.2 Å². The van der Waals surface area contributed by atoms with E-state index >= 15 is 0 Å². The van der Waals surface area contributed by atoms with Crippen molar-refractivity contribution in [2.24, 2.45) is 0 Å². The quantitative estimate of drug-likeness (QED) is 0.768. The van der Waals surface area contributed by atoms with Crippen LogP contribution < -0.4 is 10.1 Å². The third-order valence-electron chi connectivity index (χ3n) is 3.28. The maximum absolute atomic E-state index is 13.2. The van der Waals surface area contributed by atoms with Crippen molar-refractivity contribution in [3.8, 4) is 5.75 Å². The van der Waals surface area contributed by atoms with Crippen molar-refractivity contribution >= 4 is 0 Å². The summed E-state index contributed by atoms with van der Waals surface area (Å²) in [6, 6.07) is 14.6. The lowest BCUT2D eigenvalue weighted by atomic mass is 10.1. The highest BCUT2D eigenvalue weighted by Gasteiger charge is 2.08. The lowest BCUT2D eigenvalue weighted by Crippen LogP contribution is -2.18. The highest BCUT2D eigenvalue weighted by atomic mass is 19.1. The molecule has 2 nitrogen and oxygen atoms in total. The predicted octanol–water partition coefficient (Wildman–Crippen LogP) is 4.24. The number of hydrogen-bond donors (Lipinski definition) is 1. The molecule has 0 aliphatic rings. The number of nitrogens with one attached hydrogen (secondary N) is 1. The van der Waals surface area contributed by atoms with Gasteiger partial charge in [-0.3, -0.25) is 0 Å². The Morgan fingerprint density at radius 2 is 2.05 bits per heavy atom. The molecular weight excluding hydrogens is 265 g/mol. The standard InChI is InChI=1S/C18H20FNO/c1-3-11-21-18-10-5-4-7-16(18)13-20-14(2)15-8-6-9-17(19)12-15/h3-10,12,14,20H,1,11,13H2,2H3/t14-/m0/s1. The minimum atomic E-state index is -0.212. The molecule has 2 rings (SSSR count). The zero-order valence-electron chi connectivity index (χ0n) is 12.2. The van der Waals surface area contributed by atoms with Gasteiger partial charge < -0.3 is 10.1 Å². The monoisotopic (exact) mass is 285 g/mol. The van der Waals surface area contributed by atoms with Crippen molar-refractivity contribution in [2.75, 3.05) is 6.61 Å². The Labute approximate surface area is 125 Å². The van der Waals surface area contributed by atoms with E-state index < -0.39 is 0 Å². The van der Waals surface area contributed by atoms with Gasteiger partial charge >= 0.3 is 0 Å². The number of rotatable bonds is 7. The minimum absolute atomic E-state index is 0.0631. The summed E-state index contributed by atoms with van der Waals surface area (Å²) in [6.07, 6.45) is 1.72. The lowest BCUT2D eigenvalue weighted by Gasteiger charge is -2.16. The van der Waals surface area contributed by atoms with Crippen LogP contribution in [0.5, 0.6) is 5.75 Å². The highest BCUT2D eigenvalue weighted by Crippen LogP contribution is 2.20. The minimum Gasteiger partial charge on any atom is -0.489 e. The summed E-state index contributed by atoms with van der Waals surface area (Å²) in [5, 5.41) is 3.39. The van der Waals surface area contributed by atoms with Crippen molar-refractivity contribution < 1.29 is 9.13 Å². The van der Waals surface area contributed by atoms with Gasteiger partial charge in [0.2, 0.25) is 0 Å². The molecule has 0 radical (unpaired) electrons. The molecule has 0 fully saturated rings. The molecule has 0 spiro atoms.